The third-order valence-corrected chi connectivity index (χ3v) is 5.52. The fourth-order valence-corrected chi connectivity index (χ4v) is 4.17. The van der Waals surface area contributed by atoms with E-state index in [1.165, 1.54) is 13.2 Å². The maximum Gasteiger partial charge on any atom is 0.300 e. The Hall–Kier alpha value is -3.94. The number of Topliss-reactive ketones (excluding diaryl/α,β-unsaturated/α-hetero) is 1. The number of benzene rings is 2. The first-order chi connectivity index (χ1) is 15.6. The summed E-state index contributed by atoms with van der Waals surface area (Å²) in [6.45, 7) is 5.24. The number of methoxy groups -OCH3 is 1. The quantitative estimate of drug-likeness (QED) is 0.337. The Morgan fingerprint density at radius 1 is 1.06 bits per heavy atom. The van der Waals surface area contributed by atoms with Crippen molar-refractivity contribution in [2.24, 2.45) is 0 Å². The average Bonchev–Trinajstić information content (AvgIpc) is 3.30. The molecule has 0 spiro atoms. The molecule has 170 valence electrons. The van der Waals surface area contributed by atoms with Gasteiger partial charge in [0.2, 0.25) is 0 Å². The molecule has 33 heavy (non-hydrogen) atoms. The molecule has 1 fully saturated rings. The Labute approximate surface area is 188 Å². The van der Waals surface area contributed by atoms with Gasteiger partial charge in [-0.1, -0.05) is 6.07 Å². The van der Waals surface area contributed by atoms with E-state index in [9.17, 15) is 23.5 Å². The van der Waals surface area contributed by atoms with Gasteiger partial charge in [-0.15, -0.1) is 0 Å². The zero-order valence-corrected chi connectivity index (χ0v) is 18.4. The molecule has 1 aromatic heterocycles. The van der Waals surface area contributed by atoms with Crippen LogP contribution in [0.25, 0.3) is 5.76 Å². The predicted octanol–water partition coefficient (Wildman–Crippen LogP) is 5.12. The van der Waals surface area contributed by atoms with Crippen molar-refractivity contribution in [2.75, 3.05) is 12.0 Å². The Kier molecular flexibility index (Phi) is 5.53. The maximum atomic E-state index is 14.7. The van der Waals surface area contributed by atoms with Crippen LogP contribution in [-0.4, -0.2) is 23.9 Å². The standard InChI is InChI=1S/C25H21F2NO5/c1-12-9-13(2)24(32-4)16(10-12)22(29)20-21(19-8-5-14(3)33-19)28(25(31)23(20)30)18-11-15(26)6-7-17(18)27/h5-11,21,29H,1-4H3/b22-20+. The molecule has 1 amide bonds. The fraction of sp³-hybridized carbons (Fsp3) is 0.200. The fourth-order valence-electron chi connectivity index (χ4n) is 4.17. The van der Waals surface area contributed by atoms with Gasteiger partial charge in [-0.3, -0.25) is 14.5 Å². The number of furan rings is 1. The number of halogens is 2. The van der Waals surface area contributed by atoms with E-state index in [0.717, 1.165) is 28.7 Å². The molecule has 2 heterocycles. The van der Waals surface area contributed by atoms with Crippen molar-refractivity contribution >= 4 is 23.1 Å². The van der Waals surface area contributed by atoms with E-state index in [1.807, 2.05) is 6.07 Å². The lowest BCUT2D eigenvalue weighted by Crippen LogP contribution is -2.30. The molecular formula is C25H21F2NO5. The lowest BCUT2D eigenvalue weighted by molar-refractivity contribution is -0.132. The summed E-state index contributed by atoms with van der Waals surface area (Å²) in [4.78, 5) is 27.0. The van der Waals surface area contributed by atoms with Gasteiger partial charge in [0.15, 0.2) is 0 Å². The van der Waals surface area contributed by atoms with Crippen LogP contribution in [0.2, 0.25) is 0 Å². The topological polar surface area (TPSA) is 80.0 Å². The number of amides is 1. The number of rotatable bonds is 4. The summed E-state index contributed by atoms with van der Waals surface area (Å²) < 4.78 is 39.8. The Morgan fingerprint density at radius 2 is 1.79 bits per heavy atom. The highest BCUT2D eigenvalue weighted by Crippen LogP contribution is 2.45. The minimum absolute atomic E-state index is 0.111. The Morgan fingerprint density at radius 3 is 2.42 bits per heavy atom. The summed E-state index contributed by atoms with van der Waals surface area (Å²) in [5.41, 5.74) is 0.922. The van der Waals surface area contributed by atoms with Crippen LogP contribution in [0.5, 0.6) is 5.75 Å². The zero-order valence-electron chi connectivity index (χ0n) is 18.4. The number of aliphatic hydroxyl groups excluding tert-OH is 1. The van der Waals surface area contributed by atoms with Gasteiger partial charge in [0, 0.05) is 6.07 Å². The van der Waals surface area contributed by atoms with Gasteiger partial charge in [0.05, 0.1) is 23.9 Å². The summed E-state index contributed by atoms with van der Waals surface area (Å²) in [7, 11) is 1.42. The SMILES string of the molecule is COc1c(C)cc(C)cc1/C(O)=C1\C(=O)C(=O)N(c2cc(F)ccc2F)C1c1ccc(C)o1. The molecule has 1 atom stereocenters. The number of aryl methyl sites for hydroxylation is 3. The highest BCUT2D eigenvalue weighted by Gasteiger charge is 2.49. The minimum atomic E-state index is -1.32. The third kappa shape index (κ3) is 3.67. The van der Waals surface area contributed by atoms with Crippen LogP contribution in [0.4, 0.5) is 14.5 Å². The number of anilines is 1. The van der Waals surface area contributed by atoms with Crippen molar-refractivity contribution in [3.8, 4) is 5.75 Å². The van der Waals surface area contributed by atoms with Gasteiger partial charge in [-0.2, -0.15) is 0 Å². The predicted molar refractivity (Wildman–Crippen MR) is 117 cm³/mol. The van der Waals surface area contributed by atoms with Crippen LogP contribution in [0, 0.1) is 32.4 Å². The summed E-state index contributed by atoms with van der Waals surface area (Å²) >= 11 is 0. The molecule has 1 aliphatic heterocycles. The van der Waals surface area contributed by atoms with Gasteiger partial charge in [0.1, 0.15) is 40.7 Å². The van der Waals surface area contributed by atoms with Crippen LogP contribution >= 0.6 is 0 Å². The van der Waals surface area contributed by atoms with E-state index in [1.54, 1.807) is 32.9 Å². The smallest absolute Gasteiger partial charge is 0.300 e. The molecule has 0 radical (unpaired) electrons. The molecule has 0 saturated carbocycles. The largest absolute Gasteiger partial charge is 0.507 e. The first-order valence-corrected chi connectivity index (χ1v) is 10.1. The molecule has 4 rings (SSSR count). The number of carbonyl (C=O) groups is 2. The molecule has 6 nitrogen and oxygen atoms in total. The third-order valence-electron chi connectivity index (χ3n) is 5.52. The van der Waals surface area contributed by atoms with Gasteiger partial charge >= 0.3 is 0 Å². The average molecular weight is 453 g/mol. The van der Waals surface area contributed by atoms with Crippen LogP contribution in [0.1, 0.15) is 34.3 Å². The van der Waals surface area contributed by atoms with Crippen molar-refractivity contribution in [3.63, 3.8) is 0 Å². The molecule has 2 aromatic carbocycles. The number of ketones is 1. The van der Waals surface area contributed by atoms with Crippen LogP contribution in [0.3, 0.4) is 0 Å². The molecule has 0 bridgehead atoms. The summed E-state index contributed by atoms with van der Waals surface area (Å²) in [5, 5.41) is 11.3. The Balaban J connectivity index is 2.03. The molecule has 8 heteroatoms. The van der Waals surface area contributed by atoms with Crippen molar-refractivity contribution in [1.82, 2.24) is 0 Å². The summed E-state index contributed by atoms with van der Waals surface area (Å²) in [6, 6.07) is 7.84. The number of nitrogens with zero attached hydrogens (tertiary/aromatic N) is 1. The van der Waals surface area contributed by atoms with Crippen LogP contribution in [0.15, 0.2) is 52.5 Å². The first kappa shape index (κ1) is 22.3. The lowest BCUT2D eigenvalue weighted by atomic mass is 9.96. The van der Waals surface area contributed by atoms with Crippen molar-refractivity contribution in [1.29, 1.82) is 0 Å². The molecular weight excluding hydrogens is 432 g/mol. The molecule has 1 N–H and O–H groups in total. The number of hydrogen-bond acceptors (Lipinski definition) is 5. The number of aliphatic hydroxyl groups is 1. The van der Waals surface area contributed by atoms with E-state index in [4.69, 9.17) is 9.15 Å². The van der Waals surface area contributed by atoms with E-state index in [-0.39, 0.29) is 16.9 Å². The Bertz CT molecular complexity index is 1320. The number of hydrogen-bond donors (Lipinski definition) is 1. The second-order valence-electron chi connectivity index (χ2n) is 7.88. The van der Waals surface area contributed by atoms with Gasteiger partial charge in [-0.25, -0.2) is 8.78 Å². The number of carbonyl (C=O) groups excluding carboxylic acids is 2. The van der Waals surface area contributed by atoms with E-state index in [0.29, 0.717) is 17.1 Å². The van der Waals surface area contributed by atoms with Gasteiger partial charge < -0.3 is 14.3 Å². The second-order valence-corrected chi connectivity index (χ2v) is 7.88. The minimum Gasteiger partial charge on any atom is -0.507 e. The first-order valence-electron chi connectivity index (χ1n) is 10.1. The molecule has 1 saturated heterocycles. The van der Waals surface area contributed by atoms with E-state index >= 15 is 0 Å². The number of ether oxygens (including phenoxy) is 1. The van der Waals surface area contributed by atoms with E-state index < -0.39 is 40.8 Å². The van der Waals surface area contributed by atoms with Crippen molar-refractivity contribution < 1.29 is 32.6 Å². The lowest BCUT2D eigenvalue weighted by Gasteiger charge is -2.24. The molecule has 0 aliphatic carbocycles. The van der Waals surface area contributed by atoms with Gasteiger partial charge in [-0.05, 0) is 62.2 Å². The van der Waals surface area contributed by atoms with Gasteiger partial charge in [0.25, 0.3) is 11.7 Å². The molecule has 3 aromatic rings. The maximum absolute atomic E-state index is 14.7. The van der Waals surface area contributed by atoms with E-state index in [2.05, 4.69) is 0 Å². The summed E-state index contributed by atoms with van der Waals surface area (Å²) in [5.74, 6) is -3.49. The van der Waals surface area contributed by atoms with Crippen LogP contribution in [-0.2, 0) is 9.59 Å². The second kappa shape index (κ2) is 8.20. The highest BCUT2D eigenvalue weighted by molar-refractivity contribution is 6.51. The monoisotopic (exact) mass is 453 g/mol. The molecule has 1 aliphatic rings. The van der Waals surface area contributed by atoms with Crippen LogP contribution < -0.4 is 9.64 Å². The highest BCUT2D eigenvalue weighted by atomic mass is 19.1. The normalized spacial score (nSPS) is 17.6. The molecule has 1 unspecified atom stereocenters. The zero-order chi connectivity index (χ0) is 24.0. The van der Waals surface area contributed by atoms with Crippen molar-refractivity contribution in [2.45, 2.75) is 26.8 Å². The summed E-state index contributed by atoms with van der Waals surface area (Å²) in [6.07, 6.45) is 0. The van der Waals surface area contributed by atoms with Crippen molar-refractivity contribution in [3.05, 3.63) is 87.9 Å².